The van der Waals surface area contributed by atoms with Crippen LogP contribution in [0.25, 0.3) is 0 Å². The number of nitrogens with zero attached hydrogens (tertiary/aromatic N) is 3. The third-order valence-corrected chi connectivity index (χ3v) is 7.39. The van der Waals surface area contributed by atoms with Crippen molar-refractivity contribution in [3.63, 3.8) is 0 Å². The molecule has 28 heavy (non-hydrogen) atoms. The van der Waals surface area contributed by atoms with Crippen LogP contribution in [0.15, 0.2) is 46.0 Å². The first-order chi connectivity index (χ1) is 13.0. The van der Waals surface area contributed by atoms with E-state index in [0.717, 1.165) is 10.0 Å². The fourth-order valence-corrected chi connectivity index (χ4v) is 5.05. The quantitative estimate of drug-likeness (QED) is 0.536. The molecule has 0 amide bonds. The summed E-state index contributed by atoms with van der Waals surface area (Å²) in [4.78, 5) is 8.62. The summed E-state index contributed by atoms with van der Waals surface area (Å²) in [7, 11) is -1.15. The second-order valence-corrected chi connectivity index (χ2v) is 10.3. The molecule has 2 aromatic rings. The number of hydrogen-bond acceptors (Lipinski definition) is 5. The van der Waals surface area contributed by atoms with Crippen LogP contribution in [0.5, 0.6) is 0 Å². The fourth-order valence-electron chi connectivity index (χ4n) is 3.14. The highest BCUT2D eigenvalue weighted by atomic mass is 79.9. The van der Waals surface area contributed by atoms with Gasteiger partial charge in [0, 0.05) is 29.7 Å². The molecule has 2 heterocycles. The van der Waals surface area contributed by atoms with Gasteiger partial charge in [0.05, 0.1) is 26.9 Å². The largest absolute Gasteiger partial charge is 0.369 e. The van der Waals surface area contributed by atoms with E-state index in [-0.39, 0.29) is 23.7 Å². The topological polar surface area (TPSA) is 95.4 Å². The molecular formula is C19H21BrFN5OS. The van der Waals surface area contributed by atoms with Crippen molar-refractivity contribution >= 4 is 43.2 Å². The van der Waals surface area contributed by atoms with Crippen LogP contribution in [0.4, 0.5) is 4.39 Å². The van der Waals surface area contributed by atoms with Crippen molar-refractivity contribution in [3.05, 3.63) is 63.6 Å². The van der Waals surface area contributed by atoms with Crippen molar-refractivity contribution in [2.45, 2.75) is 18.9 Å². The fraction of sp³-hybridized carbons (Fsp3) is 0.263. The third-order valence-electron chi connectivity index (χ3n) is 4.72. The normalized spacial score (nSPS) is 24.7. The molecule has 3 N–H and O–H groups in total. The number of aliphatic imine (C=N–C) groups is 1. The molecule has 1 aliphatic rings. The predicted octanol–water partition coefficient (Wildman–Crippen LogP) is 2.70. The Labute approximate surface area is 172 Å². The van der Waals surface area contributed by atoms with Crippen LogP contribution in [-0.2, 0) is 21.7 Å². The van der Waals surface area contributed by atoms with E-state index in [1.807, 2.05) is 6.07 Å². The summed E-state index contributed by atoms with van der Waals surface area (Å²) in [5, 5.41) is 8.29. The standard InChI is InChI=1S/C19H21BrFN5OS/c1-19(11-28(3,27)26(2)18(23)25-19)14-8-12(4-6-15(14)21)9-16(22)17-7-5-13(20)10-24-17/h4-8,10,22H,3,9,11H2,1-2H3,(H2,23,25)/t19-,28?/m0/s1. The number of nitrogens with two attached hydrogens (primary N) is 1. The lowest BCUT2D eigenvalue weighted by Gasteiger charge is -2.37. The van der Waals surface area contributed by atoms with Gasteiger partial charge >= 0.3 is 0 Å². The van der Waals surface area contributed by atoms with Gasteiger partial charge in [-0.05, 0) is 52.5 Å². The molecule has 0 saturated carbocycles. The van der Waals surface area contributed by atoms with Crippen molar-refractivity contribution in [2.75, 3.05) is 12.8 Å². The van der Waals surface area contributed by atoms with E-state index in [9.17, 15) is 8.60 Å². The lowest BCUT2D eigenvalue weighted by molar-refractivity contribution is 0.480. The Bertz CT molecular complexity index is 1070. The predicted molar refractivity (Wildman–Crippen MR) is 116 cm³/mol. The summed E-state index contributed by atoms with van der Waals surface area (Å²) >= 11 is 3.32. The zero-order valence-corrected chi connectivity index (χ0v) is 18.0. The van der Waals surface area contributed by atoms with E-state index in [4.69, 9.17) is 11.1 Å². The summed E-state index contributed by atoms with van der Waals surface area (Å²) in [6.07, 6.45) is 1.90. The Balaban J connectivity index is 1.96. The van der Waals surface area contributed by atoms with Crippen LogP contribution in [0.3, 0.4) is 0 Å². The van der Waals surface area contributed by atoms with E-state index in [1.165, 1.54) is 10.4 Å². The lowest BCUT2D eigenvalue weighted by Crippen LogP contribution is -2.50. The molecule has 148 valence electrons. The van der Waals surface area contributed by atoms with Crippen LogP contribution >= 0.6 is 15.9 Å². The first kappa shape index (κ1) is 20.5. The monoisotopic (exact) mass is 465 g/mol. The third kappa shape index (κ3) is 3.95. The second-order valence-electron chi connectivity index (χ2n) is 6.99. The van der Waals surface area contributed by atoms with Gasteiger partial charge in [-0.3, -0.25) is 9.29 Å². The van der Waals surface area contributed by atoms with Gasteiger partial charge in [-0.1, -0.05) is 12.1 Å². The number of halogens is 2. The molecule has 0 radical (unpaired) electrons. The molecule has 0 bridgehead atoms. The Morgan fingerprint density at radius 2 is 2.18 bits per heavy atom. The SMILES string of the molecule is C=S1(=O)C[C@@](C)(c2cc(CC(=N)c3ccc(Br)cn3)ccc2F)N=C(N)N1C. The maximum absolute atomic E-state index is 14.7. The van der Waals surface area contributed by atoms with E-state index < -0.39 is 21.1 Å². The Morgan fingerprint density at radius 3 is 2.79 bits per heavy atom. The van der Waals surface area contributed by atoms with Crippen LogP contribution in [-0.4, -0.2) is 43.8 Å². The molecule has 0 fully saturated rings. The molecule has 2 atom stereocenters. The van der Waals surface area contributed by atoms with Crippen LogP contribution < -0.4 is 5.73 Å². The Hall–Kier alpha value is -2.26. The molecule has 1 unspecified atom stereocenters. The summed E-state index contributed by atoms with van der Waals surface area (Å²) < 4.78 is 29.6. The summed E-state index contributed by atoms with van der Waals surface area (Å²) in [5.41, 5.74) is 6.68. The molecule has 1 aromatic heterocycles. The number of hydrogen-bond donors (Lipinski definition) is 2. The number of guanidine groups is 1. The summed E-state index contributed by atoms with van der Waals surface area (Å²) in [5.74, 6) is 3.40. The highest BCUT2D eigenvalue weighted by molar-refractivity contribution is 9.10. The molecular weight excluding hydrogens is 445 g/mol. The van der Waals surface area contributed by atoms with Gasteiger partial charge < -0.3 is 11.1 Å². The minimum Gasteiger partial charge on any atom is -0.369 e. The lowest BCUT2D eigenvalue weighted by atomic mass is 9.91. The van der Waals surface area contributed by atoms with Crippen LogP contribution in [0.2, 0.25) is 0 Å². The van der Waals surface area contributed by atoms with Crippen molar-refractivity contribution in [1.29, 1.82) is 5.41 Å². The van der Waals surface area contributed by atoms with E-state index >= 15 is 0 Å². The van der Waals surface area contributed by atoms with E-state index in [2.05, 4.69) is 31.8 Å². The van der Waals surface area contributed by atoms with Crippen LogP contribution in [0.1, 0.15) is 23.7 Å². The van der Waals surface area contributed by atoms with Gasteiger partial charge in [0.2, 0.25) is 5.96 Å². The maximum Gasteiger partial charge on any atom is 0.203 e. The number of pyridine rings is 1. The highest BCUT2D eigenvalue weighted by Gasteiger charge is 2.38. The van der Waals surface area contributed by atoms with Gasteiger partial charge in [-0.2, -0.15) is 0 Å². The zero-order valence-electron chi connectivity index (χ0n) is 15.6. The molecule has 6 nitrogen and oxygen atoms in total. The van der Waals surface area contributed by atoms with Gasteiger partial charge in [0.15, 0.2) is 0 Å². The number of nitrogens with one attached hydrogen (secondary N) is 1. The first-order valence-corrected chi connectivity index (χ1v) is 11.1. The van der Waals surface area contributed by atoms with Crippen molar-refractivity contribution in [1.82, 2.24) is 9.29 Å². The maximum atomic E-state index is 14.7. The van der Waals surface area contributed by atoms with Gasteiger partial charge in [-0.25, -0.2) is 13.6 Å². The Morgan fingerprint density at radius 1 is 1.46 bits per heavy atom. The van der Waals surface area contributed by atoms with Gasteiger partial charge in [0.1, 0.15) is 11.4 Å². The average molecular weight is 466 g/mol. The molecule has 0 saturated heterocycles. The molecule has 0 aliphatic carbocycles. The summed E-state index contributed by atoms with van der Waals surface area (Å²) in [6.45, 7) is 1.70. The van der Waals surface area contributed by atoms with Crippen molar-refractivity contribution in [3.8, 4) is 0 Å². The van der Waals surface area contributed by atoms with Crippen molar-refractivity contribution in [2.24, 2.45) is 10.7 Å². The molecule has 0 spiro atoms. The van der Waals surface area contributed by atoms with E-state index in [0.29, 0.717) is 11.4 Å². The first-order valence-electron chi connectivity index (χ1n) is 8.44. The minimum absolute atomic E-state index is 0.0449. The summed E-state index contributed by atoms with van der Waals surface area (Å²) in [6, 6.07) is 8.18. The van der Waals surface area contributed by atoms with Gasteiger partial charge in [-0.15, -0.1) is 0 Å². The van der Waals surface area contributed by atoms with Gasteiger partial charge in [0.25, 0.3) is 0 Å². The Kier molecular flexibility index (Phi) is 5.33. The molecule has 1 aromatic carbocycles. The highest BCUT2D eigenvalue weighted by Crippen LogP contribution is 2.34. The number of aromatic nitrogens is 1. The molecule has 3 rings (SSSR count). The van der Waals surface area contributed by atoms with Crippen LogP contribution in [0, 0.1) is 11.2 Å². The zero-order chi connectivity index (χ0) is 20.7. The molecule has 9 heteroatoms. The van der Waals surface area contributed by atoms with E-state index in [1.54, 1.807) is 38.4 Å². The minimum atomic E-state index is -2.71. The average Bonchev–Trinajstić information content (AvgIpc) is 2.61. The smallest absolute Gasteiger partial charge is 0.203 e. The van der Waals surface area contributed by atoms with Crippen molar-refractivity contribution < 1.29 is 8.60 Å². The molecule has 1 aliphatic heterocycles. The number of rotatable bonds is 4. The second kappa shape index (κ2) is 7.29. The number of benzene rings is 1.